The molecule has 0 radical (unpaired) electrons. The van der Waals surface area contributed by atoms with Crippen molar-refractivity contribution < 1.29 is 23.4 Å². The number of amides is 1. The van der Waals surface area contributed by atoms with Gasteiger partial charge in [-0.1, -0.05) is 0 Å². The van der Waals surface area contributed by atoms with Crippen LogP contribution in [0.25, 0.3) is 16.6 Å². The van der Waals surface area contributed by atoms with Gasteiger partial charge >= 0.3 is 6.09 Å². The molecule has 0 saturated heterocycles. The van der Waals surface area contributed by atoms with E-state index in [-0.39, 0.29) is 12.6 Å². The van der Waals surface area contributed by atoms with Crippen molar-refractivity contribution in [2.24, 2.45) is 0 Å². The number of ether oxygens (including phenoxy) is 3. The topological polar surface area (TPSA) is 74.6 Å². The highest BCUT2D eigenvalue weighted by Gasteiger charge is 2.18. The van der Waals surface area contributed by atoms with Crippen LogP contribution in [0.2, 0.25) is 0 Å². The van der Waals surface area contributed by atoms with Crippen molar-refractivity contribution in [3.8, 4) is 17.2 Å². The summed E-state index contributed by atoms with van der Waals surface area (Å²) in [7, 11) is 0. The van der Waals surface area contributed by atoms with Gasteiger partial charge in [-0.15, -0.1) is 0 Å². The van der Waals surface area contributed by atoms with Gasteiger partial charge in [0, 0.05) is 23.7 Å². The van der Waals surface area contributed by atoms with E-state index in [2.05, 4.69) is 10.4 Å². The number of benzene rings is 2. The van der Waals surface area contributed by atoms with Crippen molar-refractivity contribution in [3.63, 3.8) is 0 Å². The standard InChI is InChI=1S/C23H28FN3O4/c1-6-29-18-8-7-16-13-27(26-20(16)12-18)21-10-9-17(11-19(21)24)30-14-15(2)25-22(28)31-23(3,4)5/h7-13,15H,6,14H2,1-5H3,(H,25,28)/t15-/m0/s1. The first kappa shape index (κ1) is 22.4. The van der Waals surface area contributed by atoms with E-state index in [9.17, 15) is 9.18 Å². The fourth-order valence-corrected chi connectivity index (χ4v) is 2.91. The molecule has 0 aliphatic rings. The average molecular weight is 429 g/mol. The third-order valence-electron chi connectivity index (χ3n) is 4.22. The van der Waals surface area contributed by atoms with Gasteiger partial charge in [0.1, 0.15) is 29.4 Å². The molecule has 2 aromatic carbocycles. The fraction of sp³-hybridized carbons (Fsp3) is 0.391. The highest BCUT2D eigenvalue weighted by molar-refractivity contribution is 5.80. The lowest BCUT2D eigenvalue weighted by Crippen LogP contribution is -2.40. The zero-order chi connectivity index (χ0) is 22.6. The van der Waals surface area contributed by atoms with E-state index in [1.807, 2.05) is 25.1 Å². The molecule has 1 heterocycles. The van der Waals surface area contributed by atoms with Crippen LogP contribution in [0.3, 0.4) is 0 Å². The molecule has 0 bridgehead atoms. The van der Waals surface area contributed by atoms with Crippen LogP contribution in [0.4, 0.5) is 9.18 Å². The predicted molar refractivity (Wildman–Crippen MR) is 117 cm³/mol. The first-order valence-corrected chi connectivity index (χ1v) is 10.2. The molecular formula is C23H28FN3O4. The summed E-state index contributed by atoms with van der Waals surface area (Å²) in [6, 6.07) is 9.82. The number of nitrogens with one attached hydrogen (secondary N) is 1. The van der Waals surface area contributed by atoms with E-state index in [0.717, 1.165) is 11.1 Å². The molecule has 166 valence electrons. The molecule has 1 amide bonds. The smallest absolute Gasteiger partial charge is 0.407 e. The van der Waals surface area contributed by atoms with E-state index in [4.69, 9.17) is 14.2 Å². The number of carbonyl (C=O) groups is 1. The van der Waals surface area contributed by atoms with Gasteiger partial charge in [0.05, 0.1) is 18.2 Å². The van der Waals surface area contributed by atoms with Crippen LogP contribution in [0.1, 0.15) is 34.6 Å². The summed E-state index contributed by atoms with van der Waals surface area (Å²) in [6.45, 7) is 9.80. The van der Waals surface area contributed by atoms with Crippen molar-refractivity contribution in [1.29, 1.82) is 0 Å². The summed E-state index contributed by atoms with van der Waals surface area (Å²) < 4.78 is 32.5. The maximum atomic E-state index is 14.7. The summed E-state index contributed by atoms with van der Waals surface area (Å²) in [5, 5.41) is 8.01. The molecule has 3 rings (SSSR count). The highest BCUT2D eigenvalue weighted by Crippen LogP contribution is 2.24. The Morgan fingerprint density at radius 2 is 1.87 bits per heavy atom. The van der Waals surface area contributed by atoms with E-state index >= 15 is 0 Å². The number of fused-ring (bicyclic) bond motifs is 1. The number of carbonyl (C=O) groups excluding carboxylic acids is 1. The van der Waals surface area contributed by atoms with Gasteiger partial charge in [-0.25, -0.2) is 13.9 Å². The Kier molecular flexibility index (Phi) is 6.68. The zero-order valence-corrected chi connectivity index (χ0v) is 18.4. The van der Waals surface area contributed by atoms with Gasteiger partial charge in [0.2, 0.25) is 0 Å². The lowest BCUT2D eigenvalue weighted by Gasteiger charge is -2.22. The minimum absolute atomic E-state index is 0.171. The number of rotatable bonds is 7. The minimum atomic E-state index is -0.578. The molecule has 31 heavy (non-hydrogen) atoms. The molecule has 1 aromatic heterocycles. The zero-order valence-electron chi connectivity index (χ0n) is 18.4. The molecule has 0 aliphatic carbocycles. The van der Waals surface area contributed by atoms with Crippen LogP contribution in [-0.4, -0.2) is 40.7 Å². The van der Waals surface area contributed by atoms with Gasteiger partial charge in [-0.3, -0.25) is 0 Å². The monoisotopic (exact) mass is 429 g/mol. The van der Waals surface area contributed by atoms with E-state index in [1.165, 1.54) is 10.7 Å². The second-order valence-electron chi connectivity index (χ2n) is 8.20. The normalized spacial score (nSPS) is 12.5. The van der Waals surface area contributed by atoms with E-state index in [1.54, 1.807) is 46.0 Å². The highest BCUT2D eigenvalue weighted by atomic mass is 19.1. The molecule has 0 fully saturated rings. The lowest BCUT2D eigenvalue weighted by atomic mass is 10.2. The Morgan fingerprint density at radius 3 is 2.55 bits per heavy atom. The first-order chi connectivity index (χ1) is 14.6. The average Bonchev–Trinajstić information content (AvgIpc) is 3.08. The molecule has 0 saturated carbocycles. The number of nitrogens with zero attached hydrogens (tertiary/aromatic N) is 2. The molecule has 0 unspecified atom stereocenters. The lowest BCUT2D eigenvalue weighted by molar-refractivity contribution is 0.0494. The third kappa shape index (κ3) is 6.10. The summed E-state index contributed by atoms with van der Waals surface area (Å²) in [5.41, 5.74) is 0.445. The second kappa shape index (κ2) is 9.24. The molecule has 0 aliphatic heterocycles. The maximum absolute atomic E-state index is 14.7. The molecule has 3 aromatic rings. The van der Waals surface area contributed by atoms with Crippen molar-refractivity contribution in [2.45, 2.75) is 46.3 Å². The minimum Gasteiger partial charge on any atom is -0.494 e. The molecule has 0 spiro atoms. The molecule has 1 atom stereocenters. The predicted octanol–water partition coefficient (Wildman–Crippen LogP) is 4.86. The molecule has 1 N–H and O–H groups in total. The Morgan fingerprint density at radius 1 is 1.16 bits per heavy atom. The van der Waals surface area contributed by atoms with Crippen LogP contribution in [0.5, 0.6) is 11.5 Å². The van der Waals surface area contributed by atoms with Crippen molar-refractivity contribution in [3.05, 3.63) is 48.4 Å². The Labute approximate surface area is 181 Å². The molecular weight excluding hydrogens is 401 g/mol. The summed E-state index contributed by atoms with van der Waals surface area (Å²) in [4.78, 5) is 11.8. The van der Waals surface area contributed by atoms with Gasteiger partial charge in [0.25, 0.3) is 0 Å². The largest absolute Gasteiger partial charge is 0.494 e. The van der Waals surface area contributed by atoms with Crippen molar-refractivity contribution in [2.75, 3.05) is 13.2 Å². The number of hydrogen-bond donors (Lipinski definition) is 1. The Bertz CT molecular complexity index is 1060. The maximum Gasteiger partial charge on any atom is 0.407 e. The van der Waals surface area contributed by atoms with Gasteiger partial charge in [-0.05, 0) is 58.9 Å². The number of halogens is 1. The second-order valence-corrected chi connectivity index (χ2v) is 8.20. The van der Waals surface area contributed by atoms with Crippen LogP contribution >= 0.6 is 0 Å². The van der Waals surface area contributed by atoms with E-state index in [0.29, 0.717) is 23.6 Å². The Hall–Kier alpha value is -3.29. The van der Waals surface area contributed by atoms with Gasteiger partial charge in [0.15, 0.2) is 5.82 Å². The van der Waals surface area contributed by atoms with Crippen molar-refractivity contribution >= 4 is 17.0 Å². The first-order valence-electron chi connectivity index (χ1n) is 10.2. The van der Waals surface area contributed by atoms with Gasteiger partial charge < -0.3 is 19.5 Å². The van der Waals surface area contributed by atoms with Crippen LogP contribution in [-0.2, 0) is 4.74 Å². The van der Waals surface area contributed by atoms with Gasteiger partial charge in [-0.2, -0.15) is 5.10 Å². The third-order valence-corrected chi connectivity index (χ3v) is 4.22. The van der Waals surface area contributed by atoms with Crippen LogP contribution in [0.15, 0.2) is 42.6 Å². The Balaban J connectivity index is 1.65. The summed E-state index contributed by atoms with van der Waals surface area (Å²) in [5.74, 6) is 0.608. The quantitative estimate of drug-likeness (QED) is 0.581. The van der Waals surface area contributed by atoms with E-state index < -0.39 is 17.5 Å². The fourth-order valence-electron chi connectivity index (χ4n) is 2.91. The van der Waals surface area contributed by atoms with Crippen LogP contribution < -0.4 is 14.8 Å². The SMILES string of the molecule is CCOc1ccc2cn(-c3ccc(OC[C@H](C)NC(=O)OC(C)(C)C)cc3F)nc2c1. The van der Waals surface area contributed by atoms with Crippen LogP contribution in [0, 0.1) is 5.82 Å². The molecule has 8 heteroatoms. The summed E-state index contributed by atoms with van der Waals surface area (Å²) >= 11 is 0. The molecule has 7 nitrogen and oxygen atoms in total. The number of aromatic nitrogens is 2. The number of alkyl carbamates (subject to hydrolysis) is 1. The number of hydrogen-bond acceptors (Lipinski definition) is 5. The summed E-state index contributed by atoms with van der Waals surface area (Å²) in [6.07, 6.45) is 1.24. The van der Waals surface area contributed by atoms with Crippen molar-refractivity contribution in [1.82, 2.24) is 15.1 Å².